The fourth-order valence-corrected chi connectivity index (χ4v) is 1.87. The van der Waals surface area contributed by atoms with Gasteiger partial charge in [0.1, 0.15) is 11.5 Å². The van der Waals surface area contributed by atoms with Gasteiger partial charge in [-0.25, -0.2) is 0 Å². The number of thioether (sulfide) groups is 1. The monoisotopic (exact) mass is 307 g/mol. The van der Waals surface area contributed by atoms with Crippen molar-refractivity contribution in [3.63, 3.8) is 0 Å². The summed E-state index contributed by atoms with van der Waals surface area (Å²) in [6.07, 6.45) is 1.44. The number of furan rings is 1. The Kier molecular flexibility index (Phi) is 6.79. The fourth-order valence-electron chi connectivity index (χ4n) is 1.14. The Morgan fingerprint density at radius 2 is 2.26 bits per heavy atom. The highest BCUT2D eigenvalue weighted by atomic mass is 32.2. The fraction of sp³-hybridized carbons (Fsp3) is 0.455. The lowest BCUT2D eigenvalue weighted by Crippen LogP contribution is -2.36. The summed E-state index contributed by atoms with van der Waals surface area (Å²) in [6.45, 7) is 3.91. The smallest absolute Gasteiger partial charge is 0.284 e. The van der Waals surface area contributed by atoms with Crippen molar-refractivity contribution in [2.45, 2.75) is 31.4 Å². The third-order valence-electron chi connectivity index (χ3n) is 1.81. The van der Waals surface area contributed by atoms with Crippen molar-refractivity contribution in [1.29, 1.82) is 0 Å². The maximum Gasteiger partial charge on any atom is 0.284 e. The average Bonchev–Trinajstić information content (AvgIpc) is 2.73. The second kappa shape index (κ2) is 8.11. The van der Waals surface area contributed by atoms with Crippen LogP contribution >= 0.6 is 24.0 Å². The van der Waals surface area contributed by atoms with Crippen molar-refractivity contribution in [2.75, 3.05) is 0 Å². The van der Waals surface area contributed by atoms with Crippen molar-refractivity contribution in [1.82, 2.24) is 10.7 Å². The summed E-state index contributed by atoms with van der Waals surface area (Å²) in [5.74, 6) is -1.31. The SMILES string of the molecule is CC(C)NC(=S)N/N=C\c1ccc(CSC(F)F)o1. The normalized spacial score (nSPS) is 11.5. The lowest BCUT2D eigenvalue weighted by Gasteiger charge is -2.08. The van der Waals surface area contributed by atoms with E-state index in [2.05, 4.69) is 15.8 Å². The minimum absolute atomic E-state index is 0.131. The van der Waals surface area contributed by atoms with E-state index in [0.29, 0.717) is 28.4 Å². The second-order valence-corrected chi connectivity index (χ2v) is 5.26. The van der Waals surface area contributed by atoms with Gasteiger partial charge in [-0.2, -0.15) is 13.9 Å². The van der Waals surface area contributed by atoms with E-state index in [0.717, 1.165) is 0 Å². The highest BCUT2D eigenvalue weighted by Crippen LogP contribution is 2.20. The van der Waals surface area contributed by atoms with E-state index >= 15 is 0 Å². The van der Waals surface area contributed by atoms with Gasteiger partial charge in [-0.05, 0) is 38.2 Å². The molecule has 1 heterocycles. The molecule has 1 aromatic heterocycles. The molecule has 0 fully saturated rings. The number of rotatable bonds is 6. The van der Waals surface area contributed by atoms with Crippen LogP contribution in [0, 0.1) is 0 Å². The largest absolute Gasteiger partial charge is 0.459 e. The molecule has 0 radical (unpaired) electrons. The Labute approximate surface area is 120 Å². The van der Waals surface area contributed by atoms with E-state index in [1.165, 1.54) is 6.21 Å². The molecule has 0 aliphatic rings. The van der Waals surface area contributed by atoms with Crippen molar-refractivity contribution in [3.8, 4) is 0 Å². The number of hydrogen-bond donors (Lipinski definition) is 2. The molecule has 106 valence electrons. The first-order valence-electron chi connectivity index (χ1n) is 5.55. The molecule has 0 aromatic carbocycles. The molecule has 19 heavy (non-hydrogen) atoms. The molecule has 0 saturated heterocycles. The average molecular weight is 307 g/mol. The quantitative estimate of drug-likeness (QED) is 0.481. The summed E-state index contributed by atoms with van der Waals surface area (Å²) in [4.78, 5) is 0. The van der Waals surface area contributed by atoms with Crippen LogP contribution in [-0.4, -0.2) is 23.1 Å². The molecule has 1 aromatic rings. The van der Waals surface area contributed by atoms with Crippen molar-refractivity contribution < 1.29 is 13.2 Å². The van der Waals surface area contributed by atoms with Gasteiger partial charge in [0, 0.05) is 6.04 Å². The van der Waals surface area contributed by atoms with Crippen LogP contribution in [-0.2, 0) is 5.75 Å². The summed E-state index contributed by atoms with van der Waals surface area (Å²) in [6, 6.07) is 3.52. The minimum Gasteiger partial charge on any atom is -0.459 e. The van der Waals surface area contributed by atoms with Gasteiger partial charge in [-0.3, -0.25) is 5.43 Å². The highest BCUT2D eigenvalue weighted by molar-refractivity contribution is 7.98. The maximum absolute atomic E-state index is 12.0. The molecule has 0 aliphatic carbocycles. The van der Waals surface area contributed by atoms with Crippen LogP contribution in [0.1, 0.15) is 25.4 Å². The summed E-state index contributed by atoms with van der Waals surface area (Å²) >= 11 is 5.48. The molecule has 1 rings (SSSR count). The zero-order valence-corrected chi connectivity index (χ0v) is 12.2. The Balaban J connectivity index is 2.38. The van der Waals surface area contributed by atoms with Crippen LogP contribution < -0.4 is 10.7 Å². The number of nitrogens with one attached hydrogen (secondary N) is 2. The Morgan fingerprint density at radius 1 is 1.53 bits per heavy atom. The molecule has 0 unspecified atom stereocenters. The van der Waals surface area contributed by atoms with Crippen molar-refractivity contribution >= 4 is 35.3 Å². The number of alkyl halides is 2. The molecular formula is C11H15F2N3OS2. The van der Waals surface area contributed by atoms with Gasteiger partial charge in [-0.1, -0.05) is 11.8 Å². The molecule has 0 saturated carbocycles. The van der Waals surface area contributed by atoms with E-state index < -0.39 is 5.76 Å². The minimum atomic E-state index is -2.40. The number of halogens is 2. The van der Waals surface area contributed by atoms with Crippen LogP contribution in [0.5, 0.6) is 0 Å². The molecule has 0 aliphatic heterocycles. The lowest BCUT2D eigenvalue weighted by atomic mass is 10.4. The Morgan fingerprint density at radius 3 is 2.89 bits per heavy atom. The molecule has 0 amide bonds. The third-order valence-corrected chi connectivity index (χ3v) is 2.72. The van der Waals surface area contributed by atoms with E-state index in [1.54, 1.807) is 12.1 Å². The number of hydrazone groups is 1. The third kappa shape index (κ3) is 7.12. The highest BCUT2D eigenvalue weighted by Gasteiger charge is 2.06. The van der Waals surface area contributed by atoms with Crippen molar-refractivity contribution in [3.05, 3.63) is 23.7 Å². The van der Waals surface area contributed by atoms with Crippen LogP contribution in [0.25, 0.3) is 0 Å². The standard InChI is InChI=1S/C11H15F2N3OS2/c1-7(2)15-11(18)16-14-5-8-3-4-9(17-8)6-19-10(12)13/h3-5,7,10H,6H2,1-2H3,(H2,15,16,18)/b14-5-. The molecule has 0 atom stereocenters. The number of thiocarbonyl (C=S) groups is 1. The molecule has 8 heteroatoms. The number of nitrogens with zero attached hydrogens (tertiary/aromatic N) is 1. The summed E-state index contributed by atoms with van der Waals surface area (Å²) in [5, 5.41) is 7.24. The summed E-state index contributed by atoms with van der Waals surface area (Å²) in [7, 11) is 0. The van der Waals surface area contributed by atoms with Crippen molar-refractivity contribution in [2.24, 2.45) is 5.10 Å². The van der Waals surface area contributed by atoms with E-state index in [-0.39, 0.29) is 11.8 Å². The van der Waals surface area contributed by atoms with E-state index in [4.69, 9.17) is 16.6 Å². The first kappa shape index (κ1) is 15.9. The van der Waals surface area contributed by atoms with Gasteiger partial charge in [0.15, 0.2) is 5.11 Å². The maximum atomic E-state index is 12.0. The van der Waals surface area contributed by atoms with Gasteiger partial charge < -0.3 is 9.73 Å². The van der Waals surface area contributed by atoms with Crippen LogP contribution in [0.3, 0.4) is 0 Å². The first-order chi connectivity index (χ1) is 8.97. The Hall–Kier alpha value is -1.15. The van der Waals surface area contributed by atoms with Crippen LogP contribution in [0.15, 0.2) is 21.7 Å². The molecular weight excluding hydrogens is 292 g/mol. The molecule has 4 nitrogen and oxygen atoms in total. The predicted molar refractivity (Wildman–Crippen MR) is 77.6 cm³/mol. The Bertz CT molecular complexity index is 435. The van der Waals surface area contributed by atoms with Crippen LogP contribution in [0.4, 0.5) is 8.78 Å². The number of hydrogen-bond acceptors (Lipinski definition) is 4. The van der Waals surface area contributed by atoms with E-state index in [1.807, 2.05) is 13.8 Å². The lowest BCUT2D eigenvalue weighted by molar-refractivity contribution is 0.251. The van der Waals surface area contributed by atoms with Gasteiger partial charge in [-0.15, -0.1) is 0 Å². The predicted octanol–water partition coefficient (Wildman–Crippen LogP) is 2.94. The molecule has 0 bridgehead atoms. The van der Waals surface area contributed by atoms with Gasteiger partial charge in [0.05, 0.1) is 12.0 Å². The van der Waals surface area contributed by atoms with Gasteiger partial charge >= 0.3 is 0 Å². The summed E-state index contributed by atoms with van der Waals surface area (Å²) < 4.78 is 29.3. The molecule has 2 N–H and O–H groups in total. The van der Waals surface area contributed by atoms with E-state index in [9.17, 15) is 8.78 Å². The zero-order chi connectivity index (χ0) is 14.3. The second-order valence-electron chi connectivity index (χ2n) is 3.87. The van der Waals surface area contributed by atoms with Crippen LogP contribution in [0.2, 0.25) is 0 Å². The molecule has 0 spiro atoms. The zero-order valence-electron chi connectivity index (χ0n) is 10.5. The van der Waals surface area contributed by atoms with Gasteiger partial charge in [0.25, 0.3) is 5.76 Å². The first-order valence-corrected chi connectivity index (χ1v) is 7.01. The summed E-state index contributed by atoms with van der Waals surface area (Å²) in [5.41, 5.74) is 2.63. The topological polar surface area (TPSA) is 49.6 Å². The van der Waals surface area contributed by atoms with Gasteiger partial charge in [0.2, 0.25) is 0 Å².